The Morgan fingerprint density at radius 1 is 1.33 bits per heavy atom. The number of benzene rings is 1. The van der Waals surface area contributed by atoms with Crippen molar-refractivity contribution < 1.29 is 14.4 Å². The highest BCUT2D eigenvalue weighted by Crippen LogP contribution is 2.25. The van der Waals surface area contributed by atoms with Crippen LogP contribution in [0.2, 0.25) is 0 Å². The molecule has 2 aromatic rings. The number of aromatic nitrogens is 1. The molecule has 24 heavy (non-hydrogen) atoms. The Bertz CT molecular complexity index is 701. The van der Waals surface area contributed by atoms with Crippen LogP contribution in [0.15, 0.2) is 47.2 Å². The van der Waals surface area contributed by atoms with Gasteiger partial charge in [-0.25, -0.2) is 0 Å². The maximum atomic E-state index is 12.4. The highest BCUT2D eigenvalue weighted by molar-refractivity contribution is 9.10. The minimum atomic E-state index is 0.0781. The molecule has 1 amide bonds. The van der Waals surface area contributed by atoms with Crippen molar-refractivity contribution in [3.8, 4) is 5.75 Å². The van der Waals surface area contributed by atoms with Gasteiger partial charge >= 0.3 is 0 Å². The molecule has 1 aliphatic rings. The molecule has 1 fully saturated rings. The molecule has 0 saturated carbocycles. The number of carbonyl (C=O) groups is 1. The van der Waals surface area contributed by atoms with E-state index in [0.717, 1.165) is 42.9 Å². The summed E-state index contributed by atoms with van der Waals surface area (Å²) in [5.74, 6) is 0.926. The van der Waals surface area contributed by atoms with Crippen LogP contribution in [0.1, 0.15) is 15.9 Å². The second kappa shape index (κ2) is 7.77. The van der Waals surface area contributed by atoms with Gasteiger partial charge in [-0.05, 0) is 46.3 Å². The monoisotopic (exact) mass is 390 g/mol. The van der Waals surface area contributed by atoms with Crippen molar-refractivity contribution in [2.45, 2.75) is 6.54 Å². The first-order valence-electron chi connectivity index (χ1n) is 8.02. The third kappa shape index (κ3) is 3.94. The molecular weight excluding hydrogens is 370 g/mol. The van der Waals surface area contributed by atoms with Crippen LogP contribution in [-0.2, 0) is 6.54 Å². The molecule has 1 aromatic carbocycles. The van der Waals surface area contributed by atoms with E-state index in [0.29, 0.717) is 5.56 Å². The Morgan fingerprint density at radius 3 is 2.75 bits per heavy atom. The van der Waals surface area contributed by atoms with Crippen molar-refractivity contribution in [3.05, 3.63) is 58.3 Å². The van der Waals surface area contributed by atoms with Crippen LogP contribution in [0.4, 0.5) is 0 Å². The standard InChI is InChI=1S/C18H20BrN3O2/c1-24-17-5-4-14(11-16(17)19)13-21-7-9-22(10-8-21)18(23)15-3-2-6-20-12-15/h2-6,11-12H,7-10,13H2,1H3/p+1. The predicted octanol–water partition coefficient (Wildman–Crippen LogP) is 1.39. The topological polar surface area (TPSA) is 46.9 Å². The highest BCUT2D eigenvalue weighted by Gasteiger charge is 2.24. The van der Waals surface area contributed by atoms with Crippen molar-refractivity contribution in [1.82, 2.24) is 9.88 Å². The lowest BCUT2D eigenvalue weighted by atomic mass is 10.1. The second-order valence-electron chi connectivity index (χ2n) is 5.93. The van der Waals surface area contributed by atoms with Crippen molar-refractivity contribution in [2.75, 3.05) is 33.3 Å². The molecule has 0 radical (unpaired) electrons. The maximum absolute atomic E-state index is 12.4. The zero-order valence-corrected chi connectivity index (χ0v) is 15.3. The lowest BCUT2D eigenvalue weighted by Crippen LogP contribution is -3.13. The molecule has 1 saturated heterocycles. The first-order chi connectivity index (χ1) is 11.7. The fourth-order valence-electron chi connectivity index (χ4n) is 2.98. The molecule has 0 atom stereocenters. The predicted molar refractivity (Wildman–Crippen MR) is 95.2 cm³/mol. The molecule has 0 aliphatic carbocycles. The lowest BCUT2D eigenvalue weighted by Gasteiger charge is -2.32. The second-order valence-corrected chi connectivity index (χ2v) is 6.78. The number of rotatable bonds is 4. The number of quaternary nitrogens is 1. The largest absolute Gasteiger partial charge is 0.496 e. The summed E-state index contributed by atoms with van der Waals surface area (Å²) >= 11 is 3.53. The average molecular weight is 391 g/mol. The lowest BCUT2D eigenvalue weighted by molar-refractivity contribution is -0.917. The Kier molecular flexibility index (Phi) is 5.48. The van der Waals surface area contributed by atoms with E-state index >= 15 is 0 Å². The molecule has 0 unspecified atom stereocenters. The molecule has 1 N–H and O–H groups in total. The van der Waals surface area contributed by atoms with Gasteiger partial charge < -0.3 is 14.5 Å². The number of nitrogens with zero attached hydrogens (tertiary/aromatic N) is 2. The number of amides is 1. The van der Waals surface area contributed by atoms with Gasteiger partial charge in [0.05, 0.1) is 43.3 Å². The molecule has 1 aromatic heterocycles. The fraction of sp³-hybridized carbons (Fsp3) is 0.333. The minimum absolute atomic E-state index is 0.0781. The van der Waals surface area contributed by atoms with Crippen LogP contribution in [0.25, 0.3) is 0 Å². The van der Waals surface area contributed by atoms with Crippen LogP contribution in [0, 0.1) is 0 Å². The van der Waals surface area contributed by atoms with Crippen LogP contribution >= 0.6 is 15.9 Å². The summed E-state index contributed by atoms with van der Waals surface area (Å²) in [5, 5.41) is 0. The summed E-state index contributed by atoms with van der Waals surface area (Å²) in [7, 11) is 1.67. The maximum Gasteiger partial charge on any atom is 0.255 e. The van der Waals surface area contributed by atoms with Crippen molar-refractivity contribution in [3.63, 3.8) is 0 Å². The number of ether oxygens (including phenoxy) is 1. The van der Waals surface area contributed by atoms with Crippen molar-refractivity contribution >= 4 is 21.8 Å². The van der Waals surface area contributed by atoms with E-state index in [2.05, 4.69) is 33.0 Å². The number of methoxy groups -OCH3 is 1. The Balaban J connectivity index is 1.55. The zero-order chi connectivity index (χ0) is 16.9. The third-order valence-electron chi connectivity index (χ3n) is 4.34. The average Bonchev–Trinajstić information content (AvgIpc) is 2.63. The van der Waals surface area contributed by atoms with Gasteiger partial charge in [-0.3, -0.25) is 9.78 Å². The van der Waals surface area contributed by atoms with Gasteiger partial charge in [-0.15, -0.1) is 0 Å². The highest BCUT2D eigenvalue weighted by atomic mass is 79.9. The van der Waals surface area contributed by atoms with Gasteiger partial charge in [0.1, 0.15) is 12.3 Å². The number of piperazine rings is 1. The van der Waals surface area contributed by atoms with Crippen LogP contribution in [0.5, 0.6) is 5.75 Å². The molecule has 0 spiro atoms. The van der Waals surface area contributed by atoms with E-state index in [-0.39, 0.29) is 5.91 Å². The Morgan fingerprint density at radius 2 is 2.12 bits per heavy atom. The number of hydrogen-bond donors (Lipinski definition) is 1. The smallest absolute Gasteiger partial charge is 0.255 e. The number of halogens is 1. The summed E-state index contributed by atoms with van der Waals surface area (Å²) in [5.41, 5.74) is 1.93. The molecule has 126 valence electrons. The van der Waals surface area contributed by atoms with Gasteiger partial charge in [0, 0.05) is 18.0 Å². The summed E-state index contributed by atoms with van der Waals surface area (Å²) in [6, 6.07) is 9.82. The van der Waals surface area contributed by atoms with Crippen LogP contribution < -0.4 is 9.64 Å². The molecular formula is C18H21BrN3O2+. The van der Waals surface area contributed by atoms with E-state index in [1.54, 1.807) is 25.6 Å². The molecule has 6 heteroatoms. The molecule has 1 aliphatic heterocycles. The Hall–Kier alpha value is -1.92. The number of pyridine rings is 1. The molecule has 5 nitrogen and oxygen atoms in total. The fourth-order valence-corrected chi connectivity index (χ4v) is 3.57. The summed E-state index contributed by atoms with van der Waals surface area (Å²) in [4.78, 5) is 19.9. The molecule has 0 bridgehead atoms. The molecule has 2 heterocycles. The van der Waals surface area contributed by atoms with Gasteiger partial charge in [0.15, 0.2) is 0 Å². The number of nitrogens with one attached hydrogen (secondary N) is 1. The van der Waals surface area contributed by atoms with Crippen LogP contribution in [0.3, 0.4) is 0 Å². The summed E-state index contributed by atoms with van der Waals surface area (Å²) < 4.78 is 6.25. The van der Waals surface area contributed by atoms with E-state index < -0.39 is 0 Å². The first kappa shape index (κ1) is 16.9. The number of hydrogen-bond acceptors (Lipinski definition) is 3. The molecule has 3 rings (SSSR count). The van der Waals surface area contributed by atoms with Crippen molar-refractivity contribution in [1.29, 1.82) is 0 Å². The van der Waals surface area contributed by atoms with Gasteiger partial charge in [-0.1, -0.05) is 0 Å². The van der Waals surface area contributed by atoms with Gasteiger partial charge in [0.2, 0.25) is 0 Å². The minimum Gasteiger partial charge on any atom is -0.496 e. The number of carbonyl (C=O) groups excluding carboxylic acids is 1. The van der Waals surface area contributed by atoms with Crippen LogP contribution in [-0.4, -0.2) is 49.1 Å². The zero-order valence-electron chi connectivity index (χ0n) is 13.7. The summed E-state index contributed by atoms with van der Waals surface area (Å²) in [6.07, 6.45) is 3.32. The van der Waals surface area contributed by atoms with E-state index in [1.807, 2.05) is 17.0 Å². The van der Waals surface area contributed by atoms with Gasteiger partial charge in [0.25, 0.3) is 5.91 Å². The van der Waals surface area contributed by atoms with E-state index in [4.69, 9.17) is 4.74 Å². The first-order valence-corrected chi connectivity index (χ1v) is 8.82. The quantitative estimate of drug-likeness (QED) is 0.857. The van der Waals surface area contributed by atoms with E-state index in [1.165, 1.54) is 10.5 Å². The van der Waals surface area contributed by atoms with Crippen molar-refractivity contribution in [2.24, 2.45) is 0 Å². The SMILES string of the molecule is COc1ccc(C[NH+]2CCN(C(=O)c3cccnc3)CC2)cc1Br. The van der Waals surface area contributed by atoms with Gasteiger partial charge in [-0.2, -0.15) is 0 Å². The van der Waals surface area contributed by atoms with E-state index in [9.17, 15) is 4.79 Å². The Labute approximate surface area is 150 Å². The third-order valence-corrected chi connectivity index (χ3v) is 4.96. The summed E-state index contributed by atoms with van der Waals surface area (Å²) in [6.45, 7) is 4.42. The normalized spacial score (nSPS) is 15.3.